The molecule has 0 saturated carbocycles. The Balaban J connectivity index is -0.00000200. The van der Waals surface area contributed by atoms with E-state index in [2.05, 4.69) is 6.92 Å². The molecule has 0 spiro atoms. The normalized spacial score (nSPS) is 13.0. The standard InChI is InChI=1S/C13H28O6S2.2Na/c1-2-3-4-5-6-7-8-9-10-11-13(21(17,18)19)12-20(14,15)16;;/h13H,2-12H2,1H3,(H,14,15,16)(H,17,18,19);;/q;2*+1/p-2. The van der Waals surface area contributed by atoms with Crippen LogP contribution in [0.3, 0.4) is 0 Å². The minimum Gasteiger partial charge on any atom is -0.748 e. The minimum atomic E-state index is -4.73. The summed E-state index contributed by atoms with van der Waals surface area (Å²) >= 11 is 0. The first-order valence-corrected chi connectivity index (χ1v) is 10.6. The van der Waals surface area contributed by atoms with Crippen LogP contribution >= 0.6 is 0 Å². The van der Waals surface area contributed by atoms with Crippen molar-refractivity contribution in [2.75, 3.05) is 5.75 Å². The minimum absolute atomic E-state index is 0. The first kappa shape index (κ1) is 29.6. The summed E-state index contributed by atoms with van der Waals surface area (Å²) in [6.45, 7) is 2.16. The molecule has 10 heteroatoms. The molecule has 0 bridgehead atoms. The first-order chi connectivity index (χ1) is 9.67. The Bertz CT molecular complexity index is 465. The van der Waals surface area contributed by atoms with Gasteiger partial charge in [0.1, 0.15) is 0 Å². The quantitative estimate of drug-likeness (QED) is 0.183. The average molecular weight is 388 g/mol. The summed E-state index contributed by atoms with van der Waals surface area (Å²) in [5.74, 6) is -1.12. The van der Waals surface area contributed by atoms with Gasteiger partial charge in [-0.05, 0) is 6.42 Å². The fourth-order valence-corrected chi connectivity index (χ4v) is 4.47. The third-order valence-corrected chi connectivity index (χ3v) is 5.67. The molecule has 1 atom stereocenters. The Kier molecular flexibility index (Phi) is 20.6. The summed E-state index contributed by atoms with van der Waals surface area (Å²) in [5, 5.41) is -1.61. The zero-order chi connectivity index (χ0) is 16.4. The van der Waals surface area contributed by atoms with Crippen molar-refractivity contribution in [3.8, 4) is 0 Å². The zero-order valence-corrected chi connectivity index (χ0v) is 20.3. The molecule has 0 rings (SSSR count). The molecule has 128 valence electrons. The third-order valence-electron chi connectivity index (χ3n) is 3.43. The van der Waals surface area contributed by atoms with Gasteiger partial charge in [-0.1, -0.05) is 64.7 Å². The van der Waals surface area contributed by atoms with Gasteiger partial charge in [-0.15, -0.1) is 0 Å². The van der Waals surface area contributed by atoms with Crippen molar-refractivity contribution in [3.05, 3.63) is 0 Å². The summed E-state index contributed by atoms with van der Waals surface area (Å²) in [5.41, 5.74) is 0. The SMILES string of the molecule is CCCCCCCCCCCC(CS(=O)(=O)[O-])S(=O)(=O)[O-].[Na+].[Na+]. The summed E-state index contributed by atoms with van der Waals surface area (Å²) < 4.78 is 64.5. The van der Waals surface area contributed by atoms with Gasteiger partial charge in [0.05, 0.1) is 31.2 Å². The van der Waals surface area contributed by atoms with E-state index < -0.39 is 31.2 Å². The summed E-state index contributed by atoms with van der Waals surface area (Å²) in [4.78, 5) is 0. The van der Waals surface area contributed by atoms with E-state index in [9.17, 15) is 25.9 Å². The maximum absolute atomic E-state index is 10.9. The molecular formula is C13H26Na2O6S2. The Labute approximate surface area is 185 Å². The van der Waals surface area contributed by atoms with Gasteiger partial charge in [0, 0.05) is 0 Å². The van der Waals surface area contributed by atoms with Gasteiger partial charge in [-0.2, -0.15) is 0 Å². The van der Waals surface area contributed by atoms with Crippen molar-refractivity contribution in [1.29, 1.82) is 0 Å². The number of hydrogen-bond donors (Lipinski definition) is 0. The maximum Gasteiger partial charge on any atom is 1.00 e. The second-order valence-electron chi connectivity index (χ2n) is 5.46. The van der Waals surface area contributed by atoms with E-state index in [0.29, 0.717) is 6.42 Å². The Morgan fingerprint density at radius 2 is 1.13 bits per heavy atom. The molecule has 0 N–H and O–H groups in total. The van der Waals surface area contributed by atoms with Crippen molar-refractivity contribution in [3.63, 3.8) is 0 Å². The molecule has 0 aromatic heterocycles. The van der Waals surface area contributed by atoms with Gasteiger partial charge in [0.15, 0.2) is 0 Å². The van der Waals surface area contributed by atoms with Gasteiger partial charge in [0.25, 0.3) is 0 Å². The van der Waals surface area contributed by atoms with Crippen LogP contribution in [0.1, 0.15) is 71.1 Å². The first-order valence-electron chi connectivity index (χ1n) is 7.55. The molecule has 0 heterocycles. The smallest absolute Gasteiger partial charge is 0.748 e. The van der Waals surface area contributed by atoms with E-state index in [4.69, 9.17) is 0 Å². The van der Waals surface area contributed by atoms with E-state index >= 15 is 0 Å². The van der Waals surface area contributed by atoms with Crippen LogP contribution in [0.2, 0.25) is 0 Å². The van der Waals surface area contributed by atoms with E-state index in [-0.39, 0.29) is 65.5 Å². The fourth-order valence-electron chi connectivity index (χ4n) is 2.22. The van der Waals surface area contributed by atoms with Crippen LogP contribution < -0.4 is 59.1 Å². The number of hydrogen-bond acceptors (Lipinski definition) is 6. The van der Waals surface area contributed by atoms with Crippen LogP contribution in [0.25, 0.3) is 0 Å². The second kappa shape index (κ2) is 16.0. The van der Waals surface area contributed by atoms with E-state index in [1.165, 1.54) is 25.7 Å². The van der Waals surface area contributed by atoms with Crippen LogP contribution in [0.5, 0.6) is 0 Å². The Morgan fingerprint density at radius 3 is 1.48 bits per heavy atom. The molecule has 0 aliphatic heterocycles. The molecule has 0 aromatic carbocycles. The summed E-state index contributed by atoms with van der Waals surface area (Å²) in [6.07, 6.45) is 9.14. The maximum atomic E-state index is 10.9. The molecule has 0 radical (unpaired) electrons. The number of rotatable bonds is 13. The zero-order valence-electron chi connectivity index (χ0n) is 14.6. The van der Waals surface area contributed by atoms with Crippen LogP contribution in [0.4, 0.5) is 0 Å². The average Bonchev–Trinajstić information content (AvgIpc) is 2.32. The molecular weight excluding hydrogens is 362 g/mol. The summed E-state index contributed by atoms with van der Waals surface area (Å²) in [6, 6.07) is 0. The van der Waals surface area contributed by atoms with E-state index in [1.807, 2.05) is 0 Å². The molecule has 0 saturated heterocycles. The van der Waals surface area contributed by atoms with Gasteiger partial charge < -0.3 is 9.11 Å². The van der Waals surface area contributed by atoms with Gasteiger partial charge in [-0.3, -0.25) is 0 Å². The van der Waals surface area contributed by atoms with Gasteiger partial charge in [0.2, 0.25) is 0 Å². The van der Waals surface area contributed by atoms with Gasteiger partial charge >= 0.3 is 59.1 Å². The molecule has 0 amide bonds. The van der Waals surface area contributed by atoms with Crippen LogP contribution in [-0.2, 0) is 20.2 Å². The van der Waals surface area contributed by atoms with E-state index in [0.717, 1.165) is 25.7 Å². The molecule has 0 fully saturated rings. The molecule has 0 aliphatic rings. The predicted molar refractivity (Wildman–Crippen MR) is 79.9 cm³/mol. The van der Waals surface area contributed by atoms with Crippen molar-refractivity contribution >= 4 is 20.2 Å². The van der Waals surface area contributed by atoms with Crippen LogP contribution in [-0.4, -0.2) is 36.9 Å². The largest absolute Gasteiger partial charge is 1.00 e. The summed E-state index contributed by atoms with van der Waals surface area (Å²) in [7, 11) is -9.43. The van der Waals surface area contributed by atoms with Crippen molar-refractivity contribution < 1.29 is 85.1 Å². The predicted octanol–water partition coefficient (Wildman–Crippen LogP) is -3.63. The molecule has 6 nitrogen and oxygen atoms in total. The Morgan fingerprint density at radius 1 is 0.739 bits per heavy atom. The topological polar surface area (TPSA) is 114 Å². The van der Waals surface area contributed by atoms with Crippen LogP contribution in [0.15, 0.2) is 0 Å². The second-order valence-corrected chi connectivity index (χ2v) is 8.56. The molecule has 1 unspecified atom stereocenters. The molecule has 23 heavy (non-hydrogen) atoms. The van der Waals surface area contributed by atoms with Gasteiger partial charge in [-0.25, -0.2) is 16.8 Å². The number of unbranched alkanes of at least 4 members (excludes halogenated alkanes) is 8. The Hall–Kier alpha value is 1.82. The van der Waals surface area contributed by atoms with Crippen molar-refractivity contribution in [2.24, 2.45) is 0 Å². The van der Waals surface area contributed by atoms with Crippen LogP contribution in [0, 0.1) is 0 Å². The third kappa shape index (κ3) is 20.0. The van der Waals surface area contributed by atoms with E-state index in [1.54, 1.807) is 0 Å². The monoisotopic (exact) mass is 388 g/mol. The van der Waals surface area contributed by atoms with Crippen molar-refractivity contribution in [1.82, 2.24) is 0 Å². The molecule has 0 aliphatic carbocycles. The fraction of sp³-hybridized carbons (Fsp3) is 1.00. The molecule has 0 aromatic rings. The van der Waals surface area contributed by atoms with Crippen molar-refractivity contribution in [2.45, 2.75) is 76.4 Å².